The van der Waals surface area contributed by atoms with Crippen LogP contribution in [0.2, 0.25) is 18.1 Å². The minimum absolute atomic E-state index is 0.0309. The zero-order valence-electron chi connectivity index (χ0n) is 13.4. The third-order valence-electron chi connectivity index (χ3n) is 4.10. The van der Waals surface area contributed by atoms with E-state index in [2.05, 4.69) is 43.2 Å². The Morgan fingerprint density at radius 2 is 1.95 bits per heavy atom. The maximum absolute atomic E-state index is 11.8. The molecule has 1 fully saturated rings. The molecule has 21 heavy (non-hydrogen) atoms. The molecule has 0 saturated heterocycles. The Balaban J connectivity index is 2.49. The van der Waals surface area contributed by atoms with Crippen molar-refractivity contribution in [2.24, 2.45) is 0 Å². The normalized spacial score (nSPS) is 23.8. The highest BCUT2D eigenvalue weighted by atomic mass is 32.2. The second kappa shape index (κ2) is 8.33. The Bertz CT molecular complexity index is 346. The van der Waals surface area contributed by atoms with E-state index in [4.69, 9.17) is 9.68 Å². The van der Waals surface area contributed by atoms with E-state index in [9.17, 15) is 4.79 Å². The predicted octanol–water partition coefficient (Wildman–Crippen LogP) is 3.91. The molecule has 1 aliphatic rings. The van der Waals surface area contributed by atoms with E-state index >= 15 is 0 Å². The lowest BCUT2D eigenvalue weighted by Crippen LogP contribution is -2.45. The third kappa shape index (κ3) is 6.21. The fraction of sp³-hybridized carbons (Fsp3) is 0.923. The van der Waals surface area contributed by atoms with Crippen molar-refractivity contribution in [3.05, 3.63) is 0 Å². The standard InChI is InChI=1S/C13H26O5S2Si/c1-13(2,3)21(4,5)16-11-8-10(14)9-12(11)19-6-7-20-18-17-15/h11-12,15H,6-9H2,1-5H3/t11-,12-/m0/s1. The number of rotatable bonds is 8. The van der Waals surface area contributed by atoms with Gasteiger partial charge in [-0.25, -0.2) is 5.26 Å². The number of Topliss-reactive ketones (excluding diaryl/α,β-unsaturated/α-hetero) is 1. The highest BCUT2D eigenvalue weighted by molar-refractivity contribution is 8.01. The van der Waals surface area contributed by atoms with Crippen molar-refractivity contribution >= 4 is 37.9 Å². The van der Waals surface area contributed by atoms with Gasteiger partial charge in [0, 0.05) is 41.6 Å². The van der Waals surface area contributed by atoms with Crippen LogP contribution in [0, 0.1) is 0 Å². The summed E-state index contributed by atoms with van der Waals surface area (Å²) in [6, 6.07) is 0. The van der Waals surface area contributed by atoms with Gasteiger partial charge in [-0.05, 0) is 18.1 Å². The van der Waals surface area contributed by atoms with Crippen molar-refractivity contribution in [3.63, 3.8) is 0 Å². The van der Waals surface area contributed by atoms with Gasteiger partial charge >= 0.3 is 0 Å². The fourth-order valence-corrected chi connectivity index (χ4v) is 5.12. The van der Waals surface area contributed by atoms with Crippen LogP contribution in [0.1, 0.15) is 33.6 Å². The van der Waals surface area contributed by atoms with Crippen LogP contribution in [0.4, 0.5) is 0 Å². The average molecular weight is 355 g/mol. The van der Waals surface area contributed by atoms with Crippen molar-refractivity contribution in [3.8, 4) is 0 Å². The Kier molecular flexibility index (Phi) is 7.72. The summed E-state index contributed by atoms with van der Waals surface area (Å²) in [5, 5.41) is 12.0. The van der Waals surface area contributed by atoms with Crippen molar-refractivity contribution in [1.82, 2.24) is 0 Å². The summed E-state index contributed by atoms with van der Waals surface area (Å²) >= 11 is 2.78. The Hall–Kier alpha value is 0.427. The molecule has 0 aromatic rings. The van der Waals surface area contributed by atoms with Crippen LogP contribution < -0.4 is 0 Å². The molecule has 5 nitrogen and oxygen atoms in total. The van der Waals surface area contributed by atoms with Gasteiger partial charge in [-0.3, -0.25) is 4.79 Å². The van der Waals surface area contributed by atoms with E-state index in [1.54, 1.807) is 11.8 Å². The molecule has 0 amide bonds. The van der Waals surface area contributed by atoms with Crippen LogP contribution in [-0.2, 0) is 18.6 Å². The van der Waals surface area contributed by atoms with Gasteiger partial charge in [-0.15, -0.1) is 4.33 Å². The number of hydrogen-bond donors (Lipinski definition) is 1. The first kappa shape index (κ1) is 19.5. The number of ketones is 1. The molecule has 0 heterocycles. The van der Waals surface area contributed by atoms with Gasteiger partial charge in [0.15, 0.2) is 8.32 Å². The molecule has 8 heteroatoms. The van der Waals surface area contributed by atoms with Gasteiger partial charge in [0.1, 0.15) is 5.78 Å². The van der Waals surface area contributed by atoms with E-state index in [-0.39, 0.29) is 16.4 Å². The molecule has 0 unspecified atom stereocenters. The van der Waals surface area contributed by atoms with Gasteiger partial charge in [0.25, 0.3) is 0 Å². The summed E-state index contributed by atoms with van der Waals surface area (Å²) in [5.74, 6) is 1.80. The second-order valence-electron chi connectivity index (χ2n) is 6.74. The smallest absolute Gasteiger partial charge is 0.192 e. The Morgan fingerprint density at radius 3 is 2.52 bits per heavy atom. The van der Waals surface area contributed by atoms with E-state index in [1.807, 2.05) is 0 Å². The topological polar surface area (TPSA) is 65.0 Å². The lowest BCUT2D eigenvalue weighted by molar-refractivity contribution is -0.432. The Morgan fingerprint density at radius 1 is 1.29 bits per heavy atom. The minimum Gasteiger partial charge on any atom is -0.412 e. The summed E-state index contributed by atoms with van der Waals surface area (Å²) in [6.45, 7) is 11.1. The molecular weight excluding hydrogens is 328 g/mol. The maximum Gasteiger partial charge on any atom is 0.192 e. The van der Waals surface area contributed by atoms with Crippen molar-refractivity contribution in [2.45, 2.75) is 63.1 Å². The monoisotopic (exact) mass is 354 g/mol. The molecule has 124 valence electrons. The Labute approximate surface area is 136 Å². The highest BCUT2D eigenvalue weighted by Gasteiger charge is 2.43. The lowest BCUT2D eigenvalue weighted by Gasteiger charge is -2.39. The largest absolute Gasteiger partial charge is 0.412 e. The molecule has 0 aromatic heterocycles. The SMILES string of the molecule is CC(C)(C)[Si](C)(C)O[C@H]1CC(=O)C[C@@H]1SCCSOOO. The van der Waals surface area contributed by atoms with E-state index in [0.29, 0.717) is 24.4 Å². The first-order valence-corrected chi connectivity index (χ1v) is 11.9. The van der Waals surface area contributed by atoms with Crippen LogP contribution in [0.5, 0.6) is 0 Å². The van der Waals surface area contributed by atoms with Crippen LogP contribution >= 0.6 is 23.8 Å². The van der Waals surface area contributed by atoms with Crippen LogP contribution in [0.25, 0.3) is 0 Å². The molecule has 1 N–H and O–H groups in total. The number of carbonyl (C=O) groups is 1. The van der Waals surface area contributed by atoms with E-state index in [1.165, 1.54) is 0 Å². The summed E-state index contributed by atoms with van der Waals surface area (Å²) in [6.07, 6.45) is 1.16. The zero-order valence-corrected chi connectivity index (χ0v) is 16.0. The molecule has 0 bridgehead atoms. The number of thioether (sulfide) groups is 1. The van der Waals surface area contributed by atoms with E-state index < -0.39 is 8.32 Å². The quantitative estimate of drug-likeness (QED) is 0.233. The molecule has 0 radical (unpaired) electrons. The molecule has 0 aliphatic heterocycles. The van der Waals surface area contributed by atoms with Crippen molar-refractivity contribution in [1.29, 1.82) is 0 Å². The number of hydrogen-bond acceptors (Lipinski definition) is 7. The summed E-state index contributed by atoms with van der Waals surface area (Å²) in [4.78, 5) is 11.8. The second-order valence-corrected chi connectivity index (χ2v) is 13.6. The average Bonchev–Trinajstić information content (AvgIpc) is 2.67. The van der Waals surface area contributed by atoms with Gasteiger partial charge < -0.3 is 4.43 Å². The first-order valence-electron chi connectivity index (χ1n) is 7.08. The van der Waals surface area contributed by atoms with Gasteiger partial charge in [0.05, 0.1) is 6.10 Å². The van der Waals surface area contributed by atoms with Crippen LogP contribution in [0.3, 0.4) is 0 Å². The molecule has 1 saturated carbocycles. The maximum atomic E-state index is 11.8. The molecular formula is C13H26O5S2Si. The zero-order chi connectivity index (χ0) is 16.1. The van der Waals surface area contributed by atoms with Gasteiger partial charge in [-0.1, -0.05) is 25.8 Å². The molecule has 0 aromatic carbocycles. The fourth-order valence-electron chi connectivity index (χ4n) is 1.92. The number of carbonyl (C=O) groups excluding carboxylic acids is 1. The molecule has 0 spiro atoms. The highest BCUT2D eigenvalue weighted by Crippen LogP contribution is 2.41. The van der Waals surface area contributed by atoms with E-state index in [0.717, 1.165) is 17.8 Å². The lowest BCUT2D eigenvalue weighted by atomic mass is 10.2. The molecule has 2 atom stereocenters. The molecule has 1 aliphatic carbocycles. The van der Waals surface area contributed by atoms with Gasteiger partial charge in [-0.2, -0.15) is 11.8 Å². The summed E-state index contributed by atoms with van der Waals surface area (Å²) < 4.78 is 10.8. The van der Waals surface area contributed by atoms with Crippen molar-refractivity contribution < 1.29 is 23.8 Å². The van der Waals surface area contributed by atoms with Crippen molar-refractivity contribution in [2.75, 3.05) is 11.5 Å². The summed E-state index contributed by atoms with van der Waals surface area (Å²) in [7, 11) is -1.85. The summed E-state index contributed by atoms with van der Waals surface area (Å²) in [5.41, 5.74) is 0. The molecule has 1 rings (SSSR count). The van der Waals surface area contributed by atoms with Gasteiger partial charge in [0.2, 0.25) is 0 Å². The van der Waals surface area contributed by atoms with Crippen LogP contribution in [0.15, 0.2) is 0 Å². The van der Waals surface area contributed by atoms with Crippen LogP contribution in [-0.4, -0.2) is 42.2 Å². The minimum atomic E-state index is -1.85. The predicted molar refractivity (Wildman–Crippen MR) is 89.8 cm³/mol. The first-order chi connectivity index (χ1) is 9.67. The third-order valence-corrected chi connectivity index (χ3v) is 10.7.